The molecule has 0 aliphatic carbocycles. The molecule has 24 nitrogen and oxygen atoms in total. The maximum Gasteiger partial charge on any atom is 0.490 e. The molecule has 0 bridgehead atoms. The molecule has 5 aromatic rings. The molecule has 4 aliphatic rings. The summed E-state index contributed by atoms with van der Waals surface area (Å²) in [4.78, 5) is 78.7. The molecule has 0 radical (unpaired) electrons. The third-order valence-electron chi connectivity index (χ3n) is 13.5. The lowest BCUT2D eigenvalue weighted by atomic mass is 9.86. The fourth-order valence-electron chi connectivity index (χ4n) is 10.0. The number of unbranched alkanes of at least 4 members (excludes halogenated alkanes) is 3. The number of phosphoric acid groups is 3. The average Bonchev–Trinajstić information content (AvgIpc) is 3.97. The molecular weight excluding hydrogens is 1030 g/mol. The van der Waals surface area contributed by atoms with E-state index in [1.54, 1.807) is 12.1 Å². The zero-order valence-corrected chi connectivity index (χ0v) is 43.2. The highest BCUT2D eigenvalue weighted by Crippen LogP contribution is 2.66. The maximum atomic E-state index is 13.5. The first-order valence-electron chi connectivity index (χ1n) is 24.4. The van der Waals surface area contributed by atoms with Gasteiger partial charge in [-0.05, 0) is 81.3 Å². The Balaban J connectivity index is 0.797. The number of aromatic nitrogens is 4. The number of carbonyl (C=O) groups is 2. The highest BCUT2D eigenvalue weighted by molar-refractivity contribution is 7.66. The largest absolute Gasteiger partial charge is 0.490 e. The molecule has 8 N–H and O–H groups in total. The molecule has 4 aliphatic heterocycles. The van der Waals surface area contributed by atoms with Gasteiger partial charge < -0.3 is 54.8 Å². The molecule has 396 valence electrons. The second-order valence-electron chi connectivity index (χ2n) is 18.3. The minimum atomic E-state index is -5.72. The Labute approximate surface area is 424 Å². The summed E-state index contributed by atoms with van der Waals surface area (Å²) in [6.07, 6.45) is 6.17. The number of nitrogens with one attached hydrogen (secondary N) is 2. The highest BCUT2D eigenvalue weighted by Gasteiger charge is 2.43. The molecule has 6 heterocycles. The fraction of sp³-hybridized carbons (Fsp3) is 0.447. The summed E-state index contributed by atoms with van der Waals surface area (Å²) in [7, 11) is -16.7. The lowest BCUT2D eigenvalue weighted by Gasteiger charge is -2.32. The molecule has 3 aromatic carbocycles. The van der Waals surface area contributed by atoms with Crippen LogP contribution in [0.1, 0.15) is 108 Å². The number of carbonyl (C=O) groups excluding carboxylic acids is 1. The number of aliphatic hydroxyl groups excluding tert-OH is 1. The van der Waals surface area contributed by atoms with Gasteiger partial charge in [0.25, 0.3) is 5.91 Å². The van der Waals surface area contributed by atoms with E-state index in [0.29, 0.717) is 53.6 Å². The van der Waals surface area contributed by atoms with Crippen LogP contribution in [0.25, 0.3) is 16.7 Å². The lowest BCUT2D eigenvalue weighted by Crippen LogP contribution is -2.39. The van der Waals surface area contributed by atoms with Crippen LogP contribution in [-0.4, -0.2) is 119 Å². The summed E-state index contributed by atoms with van der Waals surface area (Å²) in [5, 5.41) is 29.5. The molecule has 74 heavy (non-hydrogen) atoms. The molecule has 1 saturated heterocycles. The van der Waals surface area contributed by atoms with Gasteiger partial charge in [-0.2, -0.15) is 8.62 Å². The van der Waals surface area contributed by atoms with Gasteiger partial charge in [0, 0.05) is 78.3 Å². The molecular formula is C47H58N8O16P3+. The Morgan fingerprint density at radius 1 is 0.878 bits per heavy atom. The van der Waals surface area contributed by atoms with Gasteiger partial charge in [-0.15, -0.1) is 0 Å². The number of fused-ring (bicyclic) bond motifs is 5. The van der Waals surface area contributed by atoms with E-state index < -0.39 is 54.5 Å². The van der Waals surface area contributed by atoms with E-state index in [-0.39, 0.29) is 23.5 Å². The van der Waals surface area contributed by atoms with E-state index in [9.17, 15) is 43.3 Å². The fourth-order valence-corrected chi connectivity index (χ4v) is 13.1. The summed E-state index contributed by atoms with van der Waals surface area (Å²) >= 11 is 0. The van der Waals surface area contributed by atoms with Gasteiger partial charge in [0.05, 0.1) is 30.7 Å². The predicted octanol–water partition coefficient (Wildman–Crippen LogP) is 4.50. The lowest BCUT2D eigenvalue weighted by molar-refractivity contribution is -0.0423. The summed E-state index contributed by atoms with van der Waals surface area (Å²) in [5.74, 6) is 0.283. The van der Waals surface area contributed by atoms with Crippen LogP contribution in [0.2, 0.25) is 0 Å². The van der Waals surface area contributed by atoms with Crippen molar-refractivity contribution in [3.63, 3.8) is 0 Å². The summed E-state index contributed by atoms with van der Waals surface area (Å²) in [6, 6.07) is 13.4. The minimum Gasteiger partial charge on any atom is -0.478 e. The molecule has 0 saturated carbocycles. The van der Waals surface area contributed by atoms with Gasteiger partial charge in [-0.3, -0.25) is 13.9 Å². The van der Waals surface area contributed by atoms with Crippen LogP contribution in [0, 0.1) is 0 Å². The number of benzene rings is 3. The Hall–Kier alpha value is -5.45. The minimum absolute atomic E-state index is 0.0282. The van der Waals surface area contributed by atoms with Gasteiger partial charge in [-0.25, -0.2) is 38.0 Å². The SMILES string of the molecule is CCN1CCCc2cc3c(cc21)Oc1cc2c(cc1=C3c1ccc(C(=O)NCCCCCCNc3ncnc4c3ncn4[C@H]3C[C@H](O)[C@@H](COP(=O)(O)OP(=O)(O)OP(=O)(O)O)O3)cc1C(=O)O)CCC[N+]=2CC. The molecule has 27 heteroatoms. The zero-order chi connectivity index (χ0) is 52.5. The first kappa shape index (κ1) is 53.4. The van der Waals surface area contributed by atoms with Crippen molar-refractivity contribution in [2.45, 2.75) is 90.1 Å². The Bertz CT molecular complexity index is 3280. The third kappa shape index (κ3) is 11.8. The number of carboxylic acids is 1. The van der Waals surface area contributed by atoms with Crippen molar-refractivity contribution < 1.29 is 75.7 Å². The number of hydrogen-bond donors (Lipinski definition) is 8. The van der Waals surface area contributed by atoms with E-state index >= 15 is 0 Å². The van der Waals surface area contributed by atoms with Gasteiger partial charge in [-0.1, -0.05) is 18.9 Å². The van der Waals surface area contributed by atoms with Crippen molar-refractivity contribution in [3.05, 3.63) is 99.1 Å². The third-order valence-corrected chi connectivity index (χ3v) is 17.3. The quantitative estimate of drug-likeness (QED) is 0.0279. The first-order chi connectivity index (χ1) is 35.3. The number of aliphatic hydroxyl groups is 1. The Morgan fingerprint density at radius 3 is 2.42 bits per heavy atom. The number of nitrogens with zero attached hydrogens (tertiary/aromatic N) is 6. The van der Waals surface area contributed by atoms with Crippen molar-refractivity contribution in [1.82, 2.24) is 29.4 Å². The average molecular weight is 1080 g/mol. The predicted molar refractivity (Wildman–Crippen MR) is 267 cm³/mol. The number of imidazole rings is 1. The standard InChI is InChI=1S/C47H57N8O16P3/c1-3-53-17-9-11-28-19-33-38(22-35(28)53)68-39-23-36-29(12-10-18-54(36)4-2)20-34(39)42(33)31-14-13-30(21-32(31)47(58)59)46(57)49-16-8-6-5-7-15-48-44-43-45(51-26-50-44)55(27-52-43)41-24-37(56)40(69-41)25-67-73(63,64)71-74(65,66)70-72(60,61)62/h13-14,19-23,26-27,37,40-41,56H,3-12,15-18,24-25H2,1-2H3,(H6-,48,49,50,51,57,58,59,60,61,62,63,64,65,66)/p+1/t37-,40+,41+/m0/s1. The Kier molecular flexibility index (Phi) is 15.9. The number of anilines is 2. The summed E-state index contributed by atoms with van der Waals surface area (Å²) in [6.45, 7) is 8.00. The molecule has 5 atom stereocenters. The van der Waals surface area contributed by atoms with Gasteiger partial charge in [0.2, 0.25) is 5.36 Å². The number of phosphoric ester groups is 1. The number of amides is 1. The summed E-state index contributed by atoms with van der Waals surface area (Å²) < 4.78 is 63.2. The first-order valence-corrected chi connectivity index (χ1v) is 28.9. The van der Waals surface area contributed by atoms with E-state index in [1.807, 2.05) is 0 Å². The number of rotatable bonds is 21. The summed E-state index contributed by atoms with van der Waals surface area (Å²) in [5.41, 5.74) is 6.68. The van der Waals surface area contributed by atoms with Crippen molar-refractivity contribution in [3.8, 4) is 11.5 Å². The number of aryl methyl sites for hydroxylation is 2. The van der Waals surface area contributed by atoms with E-state index in [2.05, 4.69) is 86.3 Å². The number of aromatic carboxylic acids is 1. The van der Waals surface area contributed by atoms with Crippen molar-refractivity contribution >= 4 is 63.6 Å². The van der Waals surface area contributed by atoms with Crippen LogP contribution in [0.3, 0.4) is 0 Å². The molecule has 0 spiro atoms. The Morgan fingerprint density at radius 2 is 1.66 bits per heavy atom. The molecule has 9 rings (SSSR count). The number of carboxylic acid groups (broad SMARTS) is 1. The molecule has 1 fully saturated rings. The van der Waals surface area contributed by atoms with E-state index in [4.69, 9.17) is 19.3 Å². The smallest absolute Gasteiger partial charge is 0.478 e. The molecule has 2 aromatic heterocycles. The normalized spacial score (nSPS) is 19.9. The van der Waals surface area contributed by atoms with Gasteiger partial charge >= 0.3 is 29.4 Å². The van der Waals surface area contributed by atoms with E-state index in [0.717, 1.165) is 98.5 Å². The highest BCUT2D eigenvalue weighted by atomic mass is 31.3. The molecule has 1 amide bonds. The van der Waals surface area contributed by atoms with Crippen molar-refractivity contribution in [2.75, 3.05) is 56.1 Å². The monoisotopic (exact) mass is 1080 g/mol. The topological polar surface area (TPSA) is 327 Å². The van der Waals surface area contributed by atoms with Crippen molar-refractivity contribution in [2.24, 2.45) is 0 Å². The van der Waals surface area contributed by atoms with Gasteiger partial charge in [0.15, 0.2) is 17.0 Å². The van der Waals surface area contributed by atoms with Crippen LogP contribution >= 0.6 is 23.5 Å². The van der Waals surface area contributed by atoms with Crippen LogP contribution in [0.15, 0.2) is 55.1 Å². The second kappa shape index (κ2) is 22.0. The second-order valence-corrected chi connectivity index (χ2v) is 22.7. The van der Waals surface area contributed by atoms with Crippen molar-refractivity contribution in [1.29, 1.82) is 0 Å². The molecule has 2 unspecified atom stereocenters. The number of hydrogen-bond acceptors (Lipinski definition) is 16. The zero-order valence-electron chi connectivity index (χ0n) is 40.5. The van der Waals surface area contributed by atoms with Crippen LogP contribution in [-0.2, 0) is 44.4 Å². The number of ether oxygens (including phenoxy) is 2. The maximum absolute atomic E-state index is 13.5. The van der Waals surface area contributed by atoms with Crippen LogP contribution in [0.5, 0.6) is 11.5 Å². The van der Waals surface area contributed by atoms with Crippen LogP contribution < -0.4 is 35.4 Å². The van der Waals surface area contributed by atoms with Crippen LogP contribution in [0.4, 0.5) is 11.5 Å². The van der Waals surface area contributed by atoms with E-state index in [1.165, 1.54) is 34.4 Å². The van der Waals surface area contributed by atoms with Gasteiger partial charge in [0.1, 0.15) is 43.2 Å².